The second kappa shape index (κ2) is 10.4. The molecule has 5 rings (SSSR count). The van der Waals surface area contributed by atoms with Crippen LogP contribution < -0.4 is 10.6 Å². The van der Waals surface area contributed by atoms with Crippen molar-refractivity contribution in [1.29, 1.82) is 0 Å². The van der Waals surface area contributed by atoms with Gasteiger partial charge in [-0.15, -0.1) is 0 Å². The van der Waals surface area contributed by atoms with Gasteiger partial charge in [0.15, 0.2) is 11.5 Å². The summed E-state index contributed by atoms with van der Waals surface area (Å²) < 4.78 is 35.0. The lowest BCUT2D eigenvalue weighted by Crippen LogP contribution is -2.37. The number of nitrogens with one attached hydrogen (secondary N) is 2. The van der Waals surface area contributed by atoms with Gasteiger partial charge in [-0.2, -0.15) is 5.10 Å². The largest absolute Gasteiger partial charge is 0.436 e. The smallest absolute Gasteiger partial charge is 0.289 e. The summed E-state index contributed by atoms with van der Waals surface area (Å²) in [5, 5.41) is 10.7. The van der Waals surface area contributed by atoms with E-state index in [-0.39, 0.29) is 49.3 Å². The average molecular weight is 529 g/mol. The fraction of sp³-hybridized carbons (Fsp3) is 0.593. The molecule has 2 aliphatic rings. The molecular weight excluding hydrogens is 494 g/mol. The van der Waals surface area contributed by atoms with Gasteiger partial charge in [0.05, 0.1) is 35.9 Å². The zero-order chi connectivity index (χ0) is 27.0. The lowest BCUT2D eigenvalue weighted by molar-refractivity contribution is -0.122. The first kappa shape index (κ1) is 26.2. The van der Waals surface area contributed by atoms with Crippen molar-refractivity contribution >= 4 is 17.5 Å². The van der Waals surface area contributed by atoms with Crippen molar-refractivity contribution in [3.63, 3.8) is 0 Å². The van der Waals surface area contributed by atoms with Crippen molar-refractivity contribution in [2.24, 2.45) is 11.8 Å². The summed E-state index contributed by atoms with van der Waals surface area (Å²) in [6.45, 7) is 5.32. The first-order valence-corrected chi connectivity index (χ1v) is 13.4. The third-order valence-electron chi connectivity index (χ3n) is 7.55. The van der Waals surface area contributed by atoms with Crippen LogP contribution in [0.15, 0.2) is 22.9 Å². The minimum atomic E-state index is -2.70. The number of hydrogen-bond donors (Lipinski definition) is 2. The van der Waals surface area contributed by atoms with Crippen LogP contribution in [0.5, 0.6) is 0 Å². The fourth-order valence-corrected chi connectivity index (χ4v) is 5.38. The number of amides is 2. The Kier molecular flexibility index (Phi) is 7.19. The zero-order valence-electron chi connectivity index (χ0n) is 22.0. The van der Waals surface area contributed by atoms with Gasteiger partial charge < -0.3 is 15.1 Å². The van der Waals surface area contributed by atoms with E-state index in [2.05, 4.69) is 20.7 Å². The second-order valence-corrected chi connectivity index (χ2v) is 10.7. The van der Waals surface area contributed by atoms with Crippen molar-refractivity contribution in [2.45, 2.75) is 90.1 Å². The van der Waals surface area contributed by atoms with Crippen molar-refractivity contribution in [3.8, 4) is 0 Å². The Balaban J connectivity index is 1.44. The summed E-state index contributed by atoms with van der Waals surface area (Å²) in [5.74, 6) is -2.50. The van der Waals surface area contributed by atoms with E-state index in [1.807, 2.05) is 13.0 Å². The van der Waals surface area contributed by atoms with Gasteiger partial charge in [-0.3, -0.25) is 9.59 Å². The molecule has 0 aliphatic heterocycles. The van der Waals surface area contributed by atoms with E-state index in [9.17, 15) is 18.4 Å². The molecule has 38 heavy (non-hydrogen) atoms. The van der Waals surface area contributed by atoms with Gasteiger partial charge >= 0.3 is 0 Å². The summed E-state index contributed by atoms with van der Waals surface area (Å²) >= 11 is 0. The topological polar surface area (TPSA) is 114 Å². The van der Waals surface area contributed by atoms with E-state index >= 15 is 0 Å². The second-order valence-electron chi connectivity index (χ2n) is 10.7. The van der Waals surface area contributed by atoms with Crippen LogP contribution in [0.2, 0.25) is 0 Å². The van der Waals surface area contributed by atoms with Crippen molar-refractivity contribution in [1.82, 2.24) is 30.2 Å². The molecule has 2 N–H and O–H groups in total. The summed E-state index contributed by atoms with van der Waals surface area (Å²) in [4.78, 5) is 34.4. The number of aromatic nitrogens is 4. The molecule has 9 nitrogen and oxygen atoms in total. The van der Waals surface area contributed by atoms with Crippen LogP contribution in [-0.2, 0) is 4.79 Å². The van der Waals surface area contributed by atoms with Crippen LogP contribution in [0.25, 0.3) is 5.65 Å². The molecule has 204 valence electrons. The zero-order valence-corrected chi connectivity index (χ0v) is 22.0. The number of nitrogens with zero attached hydrogens (tertiary/aromatic N) is 4. The van der Waals surface area contributed by atoms with Crippen LogP contribution in [0.1, 0.15) is 104 Å². The Morgan fingerprint density at radius 2 is 1.82 bits per heavy atom. The third kappa shape index (κ3) is 5.71. The predicted molar refractivity (Wildman–Crippen MR) is 135 cm³/mol. The summed E-state index contributed by atoms with van der Waals surface area (Å²) in [5.41, 5.74) is 2.46. The molecular formula is C27H34F2N6O3. The monoisotopic (exact) mass is 528 g/mol. The number of imidazole rings is 1. The van der Waals surface area contributed by atoms with E-state index in [0.29, 0.717) is 35.3 Å². The van der Waals surface area contributed by atoms with E-state index in [1.54, 1.807) is 30.8 Å². The standard InChI is InChI=1S/C27H34F2N6O3/c1-4-5-22(36)33-23(17-6-7-17)19-12-21-32-20(14-35(21)30-13-19)24(18-8-10-27(28,29)11-9-18)34-26(37)25-15(2)31-16(3)38-25/h12-14,17-18,23-24H,4-11H2,1-3H3,(H,33,36)(H,34,37)/t23-,24+/m1/s1. The van der Waals surface area contributed by atoms with Gasteiger partial charge in [0.25, 0.3) is 5.91 Å². The van der Waals surface area contributed by atoms with Gasteiger partial charge in [0, 0.05) is 26.2 Å². The molecule has 0 radical (unpaired) electrons. The van der Waals surface area contributed by atoms with Crippen molar-refractivity contribution in [2.75, 3.05) is 0 Å². The van der Waals surface area contributed by atoms with Crippen LogP contribution in [-0.4, -0.2) is 37.3 Å². The molecule has 3 aromatic rings. The molecule has 3 heterocycles. The van der Waals surface area contributed by atoms with Crippen LogP contribution >= 0.6 is 0 Å². The highest BCUT2D eigenvalue weighted by Gasteiger charge is 2.40. The molecule has 2 saturated carbocycles. The normalized spacial score (nSPS) is 19.3. The molecule has 0 aromatic carbocycles. The van der Waals surface area contributed by atoms with E-state index in [4.69, 9.17) is 9.40 Å². The molecule has 11 heteroatoms. The average Bonchev–Trinajstić information content (AvgIpc) is 3.53. The predicted octanol–water partition coefficient (Wildman–Crippen LogP) is 5.00. The van der Waals surface area contributed by atoms with Crippen LogP contribution in [0.4, 0.5) is 8.78 Å². The number of carbonyl (C=O) groups excluding carboxylic acids is 2. The molecule has 2 amide bonds. The Labute approximate surface area is 219 Å². The Morgan fingerprint density at radius 1 is 1.11 bits per heavy atom. The molecule has 0 spiro atoms. The Bertz CT molecular complexity index is 1320. The number of oxazole rings is 1. The number of halogens is 2. The van der Waals surface area contributed by atoms with Gasteiger partial charge in [0.1, 0.15) is 0 Å². The highest BCUT2D eigenvalue weighted by molar-refractivity contribution is 5.92. The minimum Gasteiger partial charge on any atom is -0.436 e. The number of fused-ring (bicyclic) bond motifs is 1. The lowest BCUT2D eigenvalue weighted by Gasteiger charge is -2.33. The quantitative estimate of drug-likeness (QED) is 0.404. The molecule has 0 saturated heterocycles. The molecule has 2 atom stereocenters. The minimum absolute atomic E-state index is 0.0168. The fourth-order valence-electron chi connectivity index (χ4n) is 5.38. The lowest BCUT2D eigenvalue weighted by atomic mass is 9.81. The Morgan fingerprint density at radius 3 is 2.45 bits per heavy atom. The maximum atomic E-state index is 14.0. The highest BCUT2D eigenvalue weighted by atomic mass is 19.3. The SMILES string of the molecule is CCCC(=O)N[C@@H](c1cnn2cc([C@@H](NC(=O)c3oc(C)nc3C)C3CCC(F)(F)CC3)nc2c1)C1CC1. The molecule has 2 aliphatic carbocycles. The molecule has 3 aromatic heterocycles. The summed E-state index contributed by atoms with van der Waals surface area (Å²) in [7, 11) is 0. The van der Waals surface area contributed by atoms with Gasteiger partial charge in [0.2, 0.25) is 17.6 Å². The third-order valence-corrected chi connectivity index (χ3v) is 7.55. The van der Waals surface area contributed by atoms with Gasteiger partial charge in [-0.25, -0.2) is 23.3 Å². The van der Waals surface area contributed by atoms with Gasteiger partial charge in [-0.05, 0) is 62.5 Å². The number of carbonyl (C=O) groups is 2. The van der Waals surface area contributed by atoms with Crippen molar-refractivity contribution in [3.05, 3.63) is 47.1 Å². The first-order chi connectivity index (χ1) is 18.1. The molecule has 2 fully saturated rings. The van der Waals surface area contributed by atoms with E-state index in [0.717, 1.165) is 24.8 Å². The number of hydrogen-bond acceptors (Lipinski definition) is 6. The maximum Gasteiger partial charge on any atom is 0.289 e. The highest BCUT2D eigenvalue weighted by Crippen LogP contribution is 2.42. The Hall–Kier alpha value is -3.37. The van der Waals surface area contributed by atoms with Crippen LogP contribution in [0.3, 0.4) is 0 Å². The number of aryl methyl sites for hydroxylation is 2. The van der Waals surface area contributed by atoms with Crippen LogP contribution in [0, 0.1) is 25.7 Å². The summed E-state index contributed by atoms with van der Waals surface area (Å²) in [6.07, 6.45) is 6.85. The van der Waals surface area contributed by atoms with E-state index in [1.165, 1.54) is 0 Å². The van der Waals surface area contributed by atoms with Gasteiger partial charge in [-0.1, -0.05) is 6.92 Å². The van der Waals surface area contributed by atoms with E-state index < -0.39 is 17.9 Å². The maximum absolute atomic E-state index is 14.0. The first-order valence-electron chi connectivity index (χ1n) is 13.4. The molecule has 0 unspecified atom stereocenters. The summed E-state index contributed by atoms with van der Waals surface area (Å²) in [6, 6.07) is 1.18. The number of alkyl halides is 2. The van der Waals surface area contributed by atoms with Crippen molar-refractivity contribution < 1.29 is 22.8 Å². The number of rotatable bonds is 9. The molecule has 0 bridgehead atoms.